The highest BCUT2D eigenvalue weighted by Gasteiger charge is 2.29. The molecule has 39 heavy (non-hydrogen) atoms. The zero-order valence-corrected chi connectivity index (χ0v) is 23.1. The van der Waals surface area contributed by atoms with Crippen molar-refractivity contribution in [1.29, 1.82) is 0 Å². The van der Waals surface area contributed by atoms with Crippen LogP contribution in [0.2, 0.25) is 0 Å². The Morgan fingerprint density at radius 1 is 0.949 bits per heavy atom. The van der Waals surface area contributed by atoms with Gasteiger partial charge in [-0.25, -0.2) is 0 Å². The van der Waals surface area contributed by atoms with Crippen molar-refractivity contribution in [3.63, 3.8) is 0 Å². The molecule has 2 rings (SSSR count). The van der Waals surface area contributed by atoms with Crippen LogP contribution >= 0.6 is 11.8 Å². The lowest BCUT2D eigenvalue weighted by Crippen LogP contribution is -2.57. The lowest BCUT2D eigenvalue weighted by molar-refractivity contribution is -0.133. The lowest BCUT2D eigenvalue weighted by Gasteiger charge is -2.25. The number of aliphatic imine (C=N–C) groups is 1. The van der Waals surface area contributed by atoms with Crippen LogP contribution in [-0.2, 0) is 25.6 Å². The fraction of sp³-hybridized carbons (Fsp3) is 0.480. The second-order valence-corrected chi connectivity index (χ2v) is 10.2. The van der Waals surface area contributed by atoms with Crippen molar-refractivity contribution in [3.8, 4) is 0 Å². The van der Waals surface area contributed by atoms with E-state index in [1.165, 1.54) is 18.7 Å². The van der Waals surface area contributed by atoms with Crippen molar-refractivity contribution in [2.45, 2.75) is 56.8 Å². The van der Waals surface area contributed by atoms with Gasteiger partial charge in [-0.1, -0.05) is 18.2 Å². The summed E-state index contributed by atoms with van der Waals surface area (Å²) >= 11 is 1.51. The summed E-state index contributed by atoms with van der Waals surface area (Å²) in [6.07, 6.45) is 4.66. The molecule has 0 saturated carbocycles. The van der Waals surface area contributed by atoms with Crippen LogP contribution in [-0.4, -0.2) is 77.3 Å². The highest BCUT2D eigenvalue weighted by atomic mass is 32.2. The first-order valence-electron chi connectivity index (χ1n) is 12.6. The number of fused-ring (bicyclic) bond motifs is 1. The molecule has 0 bridgehead atoms. The van der Waals surface area contributed by atoms with Crippen LogP contribution in [0.25, 0.3) is 10.9 Å². The van der Waals surface area contributed by atoms with E-state index in [2.05, 4.69) is 25.9 Å². The summed E-state index contributed by atoms with van der Waals surface area (Å²) in [5.41, 5.74) is 23.7. The topological polar surface area (TPSA) is 237 Å². The van der Waals surface area contributed by atoms with E-state index in [9.17, 15) is 19.2 Å². The maximum absolute atomic E-state index is 13.3. The molecule has 0 aliphatic rings. The van der Waals surface area contributed by atoms with Crippen molar-refractivity contribution >= 4 is 52.3 Å². The molecule has 2 aromatic rings. The number of nitrogens with one attached hydrogen (secondary N) is 4. The number of hydrogen-bond donors (Lipinski definition) is 8. The molecule has 1 aromatic carbocycles. The molecular formula is C25H39N9O4S. The Morgan fingerprint density at radius 2 is 1.56 bits per heavy atom. The number of nitrogens with zero attached hydrogens (tertiary/aromatic N) is 1. The first kappa shape index (κ1) is 31.4. The third-order valence-electron chi connectivity index (χ3n) is 5.99. The van der Waals surface area contributed by atoms with E-state index in [1.54, 1.807) is 6.20 Å². The van der Waals surface area contributed by atoms with Gasteiger partial charge in [0.1, 0.15) is 18.1 Å². The van der Waals surface area contributed by atoms with Gasteiger partial charge in [-0.2, -0.15) is 11.8 Å². The van der Waals surface area contributed by atoms with E-state index < -0.39 is 47.8 Å². The summed E-state index contributed by atoms with van der Waals surface area (Å²) in [6.45, 7) is 1.74. The van der Waals surface area contributed by atoms with Crippen molar-refractivity contribution in [2.75, 3.05) is 18.6 Å². The van der Waals surface area contributed by atoms with Crippen molar-refractivity contribution < 1.29 is 19.2 Å². The maximum Gasteiger partial charge on any atom is 0.243 e. The first-order chi connectivity index (χ1) is 18.5. The number of aromatic nitrogens is 1. The number of amides is 4. The number of guanidine groups is 1. The number of aromatic amines is 1. The van der Waals surface area contributed by atoms with Crippen molar-refractivity contribution in [1.82, 2.24) is 20.9 Å². The Kier molecular flexibility index (Phi) is 12.6. The zero-order chi connectivity index (χ0) is 28.9. The number of H-pyrrole nitrogens is 1. The van der Waals surface area contributed by atoms with Crippen LogP contribution in [0.3, 0.4) is 0 Å². The molecule has 0 fully saturated rings. The third-order valence-corrected chi connectivity index (χ3v) is 6.64. The maximum atomic E-state index is 13.3. The fourth-order valence-corrected chi connectivity index (χ4v) is 4.34. The molecule has 0 spiro atoms. The zero-order valence-electron chi connectivity index (χ0n) is 22.2. The van der Waals surface area contributed by atoms with Crippen LogP contribution in [0.1, 0.15) is 31.7 Å². The summed E-state index contributed by atoms with van der Waals surface area (Å²) in [4.78, 5) is 58.0. The van der Waals surface area contributed by atoms with Crippen LogP contribution in [0.4, 0.5) is 0 Å². The number of benzene rings is 1. The number of primary amides is 1. The SMILES string of the molecule is CSCC[C@H](NC(=O)[C@H](C)N)C(=O)N[C@@H](CCCN=C(N)N)C(=O)N[C@@H](Cc1c[nH]c2ccccc12)C(N)=O. The van der Waals surface area contributed by atoms with Gasteiger partial charge >= 0.3 is 0 Å². The largest absolute Gasteiger partial charge is 0.370 e. The van der Waals surface area contributed by atoms with E-state index in [1.807, 2.05) is 30.5 Å². The number of para-hydroxylation sites is 1. The van der Waals surface area contributed by atoms with Gasteiger partial charge in [0.25, 0.3) is 0 Å². The predicted molar refractivity (Wildman–Crippen MR) is 154 cm³/mol. The minimum atomic E-state index is -1.04. The molecule has 0 saturated heterocycles. The molecule has 4 amide bonds. The van der Waals surface area contributed by atoms with Gasteiger partial charge in [-0.3, -0.25) is 24.2 Å². The van der Waals surface area contributed by atoms with Crippen LogP contribution in [0.15, 0.2) is 35.5 Å². The normalized spacial score (nSPS) is 14.0. The highest BCUT2D eigenvalue weighted by Crippen LogP contribution is 2.19. The third kappa shape index (κ3) is 10.1. The number of carbonyl (C=O) groups is 4. The smallest absolute Gasteiger partial charge is 0.243 e. The molecule has 0 unspecified atom stereocenters. The highest BCUT2D eigenvalue weighted by molar-refractivity contribution is 7.98. The van der Waals surface area contributed by atoms with Crippen molar-refractivity contribution in [2.24, 2.45) is 27.9 Å². The molecule has 1 heterocycles. The number of thioether (sulfide) groups is 1. The van der Waals surface area contributed by atoms with Gasteiger partial charge in [0.05, 0.1) is 6.04 Å². The number of carbonyl (C=O) groups excluding carboxylic acids is 4. The summed E-state index contributed by atoms with van der Waals surface area (Å²) in [5, 5.41) is 8.92. The quantitative estimate of drug-likeness (QED) is 0.0702. The Bertz CT molecular complexity index is 1160. The molecule has 1 aromatic heterocycles. The molecule has 0 radical (unpaired) electrons. The Balaban J connectivity index is 2.20. The molecule has 14 heteroatoms. The van der Waals surface area contributed by atoms with Crippen molar-refractivity contribution in [3.05, 3.63) is 36.0 Å². The first-order valence-corrected chi connectivity index (χ1v) is 14.0. The van der Waals surface area contributed by atoms with E-state index in [0.29, 0.717) is 18.6 Å². The number of nitrogens with two attached hydrogens (primary N) is 4. The monoisotopic (exact) mass is 561 g/mol. The van der Waals surface area contributed by atoms with Gasteiger partial charge in [0.2, 0.25) is 23.6 Å². The van der Waals surface area contributed by atoms with Crippen LogP contribution in [0.5, 0.6) is 0 Å². The Labute approximate surface area is 231 Å². The van der Waals surface area contributed by atoms with E-state index in [-0.39, 0.29) is 25.3 Å². The van der Waals surface area contributed by atoms with Gasteiger partial charge in [-0.05, 0) is 49.8 Å². The summed E-state index contributed by atoms with van der Waals surface area (Å²) < 4.78 is 0. The number of rotatable bonds is 16. The van der Waals surface area contributed by atoms with E-state index in [0.717, 1.165) is 16.5 Å². The lowest BCUT2D eigenvalue weighted by atomic mass is 10.0. The predicted octanol–water partition coefficient (Wildman–Crippen LogP) is -1.20. The molecule has 0 aliphatic carbocycles. The molecule has 0 aliphatic heterocycles. The minimum Gasteiger partial charge on any atom is -0.370 e. The minimum absolute atomic E-state index is 0.0942. The van der Waals surface area contributed by atoms with E-state index in [4.69, 9.17) is 22.9 Å². The molecular weight excluding hydrogens is 522 g/mol. The second-order valence-electron chi connectivity index (χ2n) is 9.17. The second kappa shape index (κ2) is 15.6. The Hall–Kier alpha value is -3.78. The average Bonchev–Trinajstić information content (AvgIpc) is 3.29. The van der Waals surface area contributed by atoms with Gasteiger partial charge in [0, 0.05) is 30.1 Å². The molecule has 12 N–H and O–H groups in total. The molecule has 214 valence electrons. The summed E-state index contributed by atoms with van der Waals surface area (Å²) in [6, 6.07) is 3.78. The van der Waals surface area contributed by atoms with Gasteiger partial charge in [-0.15, -0.1) is 0 Å². The van der Waals surface area contributed by atoms with Crippen LogP contribution < -0.4 is 38.9 Å². The molecule has 13 nitrogen and oxygen atoms in total. The van der Waals surface area contributed by atoms with Gasteiger partial charge in [0.15, 0.2) is 5.96 Å². The standard InChI is InChI=1S/C25H39N9O4S/c1-14(26)22(36)32-19(9-11-39-2)24(38)33-18(8-5-10-30-25(28)29)23(37)34-20(21(27)35)12-15-13-31-17-7-4-3-6-16(15)17/h3-4,6-7,13-14,18-20,31H,5,8-12,26H2,1-2H3,(H2,27,35)(H,32,36)(H,33,38)(H,34,37)(H4,28,29,30)/t14-,18-,19-,20-/m0/s1. The van der Waals surface area contributed by atoms with Crippen LogP contribution in [0, 0.1) is 0 Å². The fourth-order valence-electron chi connectivity index (χ4n) is 3.87. The summed E-state index contributed by atoms with van der Waals surface area (Å²) in [7, 11) is 0. The van der Waals surface area contributed by atoms with Gasteiger partial charge < -0.3 is 43.9 Å². The summed E-state index contributed by atoms with van der Waals surface area (Å²) in [5.74, 6) is -1.86. The molecule has 4 atom stereocenters. The average molecular weight is 562 g/mol. The Morgan fingerprint density at radius 3 is 2.18 bits per heavy atom. The number of hydrogen-bond acceptors (Lipinski definition) is 7. The van der Waals surface area contributed by atoms with E-state index >= 15 is 0 Å².